The maximum Gasteiger partial charge on any atom is 0.330 e. The second-order valence-corrected chi connectivity index (χ2v) is 7.12. The Balaban J connectivity index is 2.07. The van der Waals surface area contributed by atoms with Crippen LogP contribution >= 0.6 is 7.60 Å². The first kappa shape index (κ1) is 15.2. The molecule has 10 heteroatoms. The van der Waals surface area contributed by atoms with Crippen molar-refractivity contribution in [3.05, 3.63) is 33.1 Å². The summed E-state index contributed by atoms with van der Waals surface area (Å²) in [6.07, 6.45) is 3.32. The van der Waals surface area contributed by atoms with Crippen molar-refractivity contribution in [3.63, 3.8) is 0 Å². The second-order valence-electron chi connectivity index (χ2n) is 5.11. The fourth-order valence-electron chi connectivity index (χ4n) is 2.53. The Kier molecular flexibility index (Phi) is 3.40. The molecule has 9 nitrogen and oxygen atoms in total. The van der Waals surface area contributed by atoms with E-state index in [1.807, 2.05) is 4.98 Å². The fourth-order valence-corrected chi connectivity index (χ4v) is 3.72. The maximum atomic E-state index is 11.9. The molecule has 0 amide bonds. The Hall–Kier alpha value is -1.69. The molecule has 0 aromatic carbocycles. The van der Waals surface area contributed by atoms with Gasteiger partial charge in [-0.05, 0) is 0 Å². The predicted octanol–water partition coefficient (Wildman–Crippen LogP) is -0.963. The highest BCUT2D eigenvalue weighted by atomic mass is 31.2. The quantitative estimate of drug-likeness (QED) is 0.503. The second kappa shape index (κ2) is 4.91. The van der Waals surface area contributed by atoms with Crippen LogP contribution < -0.4 is 11.2 Å². The number of aliphatic hydroxyl groups is 1. The number of terminal acetylenes is 1. The highest BCUT2D eigenvalue weighted by Gasteiger charge is 2.60. The van der Waals surface area contributed by atoms with Gasteiger partial charge in [0.25, 0.3) is 5.56 Å². The van der Waals surface area contributed by atoms with Crippen LogP contribution in [0.25, 0.3) is 0 Å². The van der Waals surface area contributed by atoms with Gasteiger partial charge in [0.05, 0.1) is 6.61 Å². The van der Waals surface area contributed by atoms with Gasteiger partial charge in [-0.2, -0.15) is 0 Å². The summed E-state index contributed by atoms with van der Waals surface area (Å²) in [7, 11) is -3.37. The van der Waals surface area contributed by atoms with Crippen LogP contribution in [0, 0.1) is 12.3 Å². The molecule has 0 aliphatic carbocycles. The number of fused-ring (bicyclic) bond motifs is 1. The van der Waals surface area contributed by atoms with Crippen LogP contribution in [-0.4, -0.2) is 45.7 Å². The molecule has 2 aliphatic rings. The van der Waals surface area contributed by atoms with Crippen molar-refractivity contribution in [2.45, 2.75) is 24.0 Å². The largest absolute Gasteiger partial charge is 0.371 e. The molecule has 2 saturated heterocycles. The van der Waals surface area contributed by atoms with E-state index in [-0.39, 0.29) is 6.61 Å². The Bertz CT molecular complexity index is 809. The average Bonchev–Trinajstić information content (AvgIpc) is 2.72. The summed E-state index contributed by atoms with van der Waals surface area (Å²) in [5.41, 5.74) is -3.44. The first-order valence-electron chi connectivity index (χ1n) is 6.34. The van der Waals surface area contributed by atoms with E-state index in [4.69, 9.17) is 20.2 Å². The zero-order chi connectivity index (χ0) is 16.1. The van der Waals surface area contributed by atoms with Crippen LogP contribution in [0.5, 0.6) is 0 Å². The van der Waals surface area contributed by atoms with Crippen molar-refractivity contribution in [3.8, 4) is 12.3 Å². The first-order chi connectivity index (χ1) is 10.3. The van der Waals surface area contributed by atoms with E-state index in [2.05, 4.69) is 5.92 Å². The van der Waals surface area contributed by atoms with Gasteiger partial charge >= 0.3 is 13.3 Å². The molecule has 22 heavy (non-hydrogen) atoms. The Morgan fingerprint density at radius 3 is 2.95 bits per heavy atom. The van der Waals surface area contributed by atoms with E-state index in [1.165, 1.54) is 6.66 Å². The molecule has 118 valence electrons. The van der Waals surface area contributed by atoms with Gasteiger partial charge in [0, 0.05) is 18.9 Å². The van der Waals surface area contributed by atoms with E-state index in [9.17, 15) is 19.3 Å². The Morgan fingerprint density at radius 1 is 1.59 bits per heavy atom. The summed E-state index contributed by atoms with van der Waals surface area (Å²) in [6.45, 7) is 1.15. The number of ether oxygens (including phenoxy) is 1. The van der Waals surface area contributed by atoms with Gasteiger partial charge in [-0.3, -0.25) is 23.4 Å². The molecule has 2 aliphatic heterocycles. The maximum absolute atomic E-state index is 11.9. The standard InChI is InChI=1S/C12H13N2O7P/c1-3-12(17)9-7(6-19-22(2,18)21-9)20-10(12)14-5-4-8(15)13-11(14)16/h1,4-5,7,9-10,17H,6H2,2H3,(H,13,15,16)/t7-,9-,10-,12-,22?/m1/s1. The molecule has 1 unspecified atom stereocenters. The van der Waals surface area contributed by atoms with Crippen LogP contribution in [0.2, 0.25) is 0 Å². The number of nitrogens with one attached hydrogen (secondary N) is 1. The van der Waals surface area contributed by atoms with Crippen molar-refractivity contribution in [2.75, 3.05) is 13.3 Å². The molecule has 2 fully saturated rings. The Labute approximate surface area is 124 Å². The van der Waals surface area contributed by atoms with Crippen LogP contribution in [0.15, 0.2) is 21.9 Å². The third-order valence-corrected chi connectivity index (χ3v) is 4.79. The molecular formula is C12H13N2O7P. The lowest BCUT2D eigenvalue weighted by Gasteiger charge is -2.33. The summed E-state index contributed by atoms with van der Waals surface area (Å²) in [5, 5.41) is 10.7. The van der Waals surface area contributed by atoms with E-state index in [0.29, 0.717) is 0 Å². The lowest BCUT2D eigenvalue weighted by molar-refractivity contribution is -0.0717. The van der Waals surface area contributed by atoms with Crippen LogP contribution in [0.1, 0.15) is 6.23 Å². The smallest absolute Gasteiger partial charge is 0.330 e. The molecule has 1 aromatic heterocycles. The molecular weight excluding hydrogens is 315 g/mol. The molecule has 3 rings (SSSR count). The number of rotatable bonds is 1. The third kappa shape index (κ3) is 2.26. The minimum absolute atomic E-state index is 0.100. The van der Waals surface area contributed by atoms with Crippen LogP contribution in [0.3, 0.4) is 0 Å². The first-order valence-corrected chi connectivity index (χ1v) is 8.33. The molecule has 0 spiro atoms. The van der Waals surface area contributed by atoms with Gasteiger partial charge in [-0.15, -0.1) is 6.42 Å². The van der Waals surface area contributed by atoms with Gasteiger partial charge in [0.15, 0.2) is 11.8 Å². The Morgan fingerprint density at radius 2 is 2.32 bits per heavy atom. The van der Waals surface area contributed by atoms with Gasteiger partial charge < -0.3 is 14.4 Å². The van der Waals surface area contributed by atoms with Crippen molar-refractivity contribution >= 4 is 7.60 Å². The van der Waals surface area contributed by atoms with Gasteiger partial charge in [0.1, 0.15) is 12.2 Å². The lowest BCUT2D eigenvalue weighted by Crippen LogP contribution is -2.50. The minimum atomic E-state index is -3.37. The number of hydrogen-bond donors (Lipinski definition) is 2. The molecule has 0 bridgehead atoms. The molecule has 1 aromatic rings. The topological polar surface area (TPSA) is 120 Å². The van der Waals surface area contributed by atoms with E-state index in [1.54, 1.807) is 0 Å². The average molecular weight is 328 g/mol. The van der Waals surface area contributed by atoms with Crippen LogP contribution in [0.4, 0.5) is 0 Å². The lowest BCUT2D eigenvalue weighted by atomic mass is 9.95. The highest BCUT2D eigenvalue weighted by Crippen LogP contribution is 2.55. The van der Waals surface area contributed by atoms with E-state index in [0.717, 1.165) is 16.8 Å². The molecule has 2 N–H and O–H groups in total. The number of hydrogen-bond acceptors (Lipinski definition) is 7. The van der Waals surface area contributed by atoms with E-state index < -0.39 is 42.9 Å². The third-order valence-electron chi connectivity index (χ3n) is 3.56. The highest BCUT2D eigenvalue weighted by molar-refractivity contribution is 7.53. The molecule has 0 radical (unpaired) electrons. The van der Waals surface area contributed by atoms with Crippen molar-refractivity contribution in [1.82, 2.24) is 9.55 Å². The van der Waals surface area contributed by atoms with Gasteiger partial charge in [0.2, 0.25) is 0 Å². The van der Waals surface area contributed by atoms with E-state index >= 15 is 0 Å². The number of nitrogens with zero attached hydrogens (tertiary/aromatic N) is 1. The molecule has 0 saturated carbocycles. The molecule has 3 heterocycles. The van der Waals surface area contributed by atoms with Crippen LogP contribution in [-0.2, 0) is 18.3 Å². The summed E-state index contributed by atoms with van der Waals surface area (Å²) in [4.78, 5) is 25.1. The summed E-state index contributed by atoms with van der Waals surface area (Å²) >= 11 is 0. The van der Waals surface area contributed by atoms with Gasteiger partial charge in [-0.25, -0.2) is 4.79 Å². The number of aromatic amines is 1. The monoisotopic (exact) mass is 328 g/mol. The predicted molar refractivity (Wildman–Crippen MR) is 73.4 cm³/mol. The van der Waals surface area contributed by atoms with Crippen molar-refractivity contribution in [1.29, 1.82) is 0 Å². The zero-order valence-corrected chi connectivity index (χ0v) is 12.4. The summed E-state index contributed by atoms with van der Waals surface area (Å²) in [6, 6.07) is 1.09. The fraction of sp³-hybridized carbons (Fsp3) is 0.500. The number of H-pyrrole nitrogens is 1. The van der Waals surface area contributed by atoms with Crippen molar-refractivity contribution < 1.29 is 23.5 Å². The zero-order valence-electron chi connectivity index (χ0n) is 11.5. The summed E-state index contributed by atoms with van der Waals surface area (Å²) < 4.78 is 28.7. The molecule has 5 atom stereocenters. The minimum Gasteiger partial charge on any atom is -0.371 e. The normalized spacial score (nSPS) is 40.9. The number of aromatic nitrogens is 2. The SMILES string of the molecule is C#C[C@@]1(O)[C@@H]2OP(C)(=O)OC[C@H]2O[C@H]1n1ccc(=O)[nH]c1=O. The van der Waals surface area contributed by atoms with Crippen molar-refractivity contribution in [2.24, 2.45) is 0 Å². The van der Waals surface area contributed by atoms with Gasteiger partial charge in [-0.1, -0.05) is 5.92 Å². The summed E-state index contributed by atoms with van der Waals surface area (Å²) in [5.74, 6) is 2.14.